The standard InChI is InChI=1S/C11H11N5O2/c1-7-2-3-8(6-14-7)18-11-13-5-4-9(15-11)10(12)16-17/h2-6,17H,1H3,(H2,12,16). The summed E-state index contributed by atoms with van der Waals surface area (Å²) in [5.41, 5.74) is 6.58. The summed E-state index contributed by atoms with van der Waals surface area (Å²) in [5.74, 6) is 0.404. The number of nitrogens with zero attached hydrogens (tertiary/aromatic N) is 4. The van der Waals surface area contributed by atoms with Crippen LogP contribution in [0.5, 0.6) is 11.8 Å². The Balaban J connectivity index is 2.22. The van der Waals surface area contributed by atoms with E-state index in [2.05, 4.69) is 20.1 Å². The maximum absolute atomic E-state index is 8.55. The number of oxime groups is 1. The number of aryl methyl sites for hydroxylation is 1. The molecule has 0 aliphatic carbocycles. The zero-order valence-corrected chi connectivity index (χ0v) is 9.61. The Morgan fingerprint density at radius 2 is 2.17 bits per heavy atom. The van der Waals surface area contributed by atoms with Crippen LogP contribution in [0.2, 0.25) is 0 Å². The van der Waals surface area contributed by atoms with Crippen molar-refractivity contribution < 1.29 is 9.94 Å². The fourth-order valence-corrected chi connectivity index (χ4v) is 1.20. The van der Waals surface area contributed by atoms with Crippen molar-refractivity contribution in [1.29, 1.82) is 0 Å². The maximum atomic E-state index is 8.55. The van der Waals surface area contributed by atoms with Gasteiger partial charge in [-0.25, -0.2) is 4.98 Å². The first-order valence-electron chi connectivity index (χ1n) is 5.10. The molecule has 92 valence electrons. The molecule has 2 heterocycles. The molecule has 7 nitrogen and oxygen atoms in total. The average Bonchev–Trinajstić information content (AvgIpc) is 2.41. The van der Waals surface area contributed by atoms with Crippen LogP contribution in [-0.4, -0.2) is 26.0 Å². The molecular formula is C11H11N5O2. The second-order valence-electron chi connectivity index (χ2n) is 3.45. The Kier molecular flexibility index (Phi) is 3.33. The molecule has 18 heavy (non-hydrogen) atoms. The molecule has 0 saturated heterocycles. The lowest BCUT2D eigenvalue weighted by atomic mass is 10.4. The monoisotopic (exact) mass is 245 g/mol. The topological polar surface area (TPSA) is 107 Å². The van der Waals surface area contributed by atoms with E-state index >= 15 is 0 Å². The highest BCUT2D eigenvalue weighted by atomic mass is 16.5. The Bertz CT molecular complexity index is 568. The predicted molar refractivity (Wildman–Crippen MR) is 63.6 cm³/mol. The molecular weight excluding hydrogens is 234 g/mol. The Morgan fingerprint density at radius 3 is 2.83 bits per heavy atom. The summed E-state index contributed by atoms with van der Waals surface area (Å²) in [6, 6.07) is 5.17. The molecule has 0 saturated carbocycles. The molecule has 2 rings (SSSR count). The SMILES string of the molecule is Cc1ccc(Oc2nccc(/C(N)=N/O)n2)cn1. The first-order chi connectivity index (χ1) is 8.69. The molecule has 0 radical (unpaired) electrons. The highest BCUT2D eigenvalue weighted by molar-refractivity contribution is 5.95. The van der Waals surface area contributed by atoms with Crippen molar-refractivity contribution in [1.82, 2.24) is 15.0 Å². The number of hydrogen-bond acceptors (Lipinski definition) is 6. The molecule has 0 fully saturated rings. The van der Waals surface area contributed by atoms with E-state index in [9.17, 15) is 0 Å². The molecule has 0 amide bonds. The lowest BCUT2D eigenvalue weighted by molar-refractivity contribution is 0.318. The lowest BCUT2D eigenvalue weighted by Crippen LogP contribution is -2.15. The predicted octanol–water partition coefficient (Wildman–Crippen LogP) is 1.07. The molecule has 0 bridgehead atoms. The van der Waals surface area contributed by atoms with E-state index < -0.39 is 0 Å². The van der Waals surface area contributed by atoms with Crippen LogP contribution in [-0.2, 0) is 0 Å². The third kappa shape index (κ3) is 2.70. The van der Waals surface area contributed by atoms with Gasteiger partial charge in [0.2, 0.25) is 0 Å². The molecule has 0 unspecified atom stereocenters. The van der Waals surface area contributed by atoms with Crippen molar-refractivity contribution in [2.75, 3.05) is 0 Å². The summed E-state index contributed by atoms with van der Waals surface area (Å²) in [6.45, 7) is 1.87. The second kappa shape index (κ2) is 5.09. The van der Waals surface area contributed by atoms with Gasteiger partial charge in [-0.3, -0.25) is 4.98 Å². The molecule has 2 aromatic heterocycles. The van der Waals surface area contributed by atoms with Gasteiger partial charge < -0.3 is 15.7 Å². The number of hydrogen-bond donors (Lipinski definition) is 2. The zero-order chi connectivity index (χ0) is 13.0. The quantitative estimate of drug-likeness (QED) is 0.362. The molecule has 0 aromatic carbocycles. The van der Waals surface area contributed by atoms with Gasteiger partial charge in [0.15, 0.2) is 5.84 Å². The van der Waals surface area contributed by atoms with Gasteiger partial charge in [0, 0.05) is 11.9 Å². The molecule has 0 aliphatic heterocycles. The maximum Gasteiger partial charge on any atom is 0.322 e. The van der Waals surface area contributed by atoms with Crippen LogP contribution in [0.3, 0.4) is 0 Å². The highest BCUT2D eigenvalue weighted by Gasteiger charge is 2.05. The van der Waals surface area contributed by atoms with Gasteiger partial charge in [-0.2, -0.15) is 4.98 Å². The van der Waals surface area contributed by atoms with Gasteiger partial charge in [-0.1, -0.05) is 5.16 Å². The lowest BCUT2D eigenvalue weighted by Gasteiger charge is -2.04. The Labute approximate surface area is 103 Å². The van der Waals surface area contributed by atoms with Gasteiger partial charge in [0.05, 0.1) is 6.20 Å². The molecule has 0 atom stereocenters. The van der Waals surface area contributed by atoms with Crippen molar-refractivity contribution in [2.45, 2.75) is 6.92 Å². The van der Waals surface area contributed by atoms with Gasteiger partial charge in [-0.05, 0) is 25.1 Å². The summed E-state index contributed by atoms with van der Waals surface area (Å²) in [4.78, 5) is 12.0. The first kappa shape index (κ1) is 11.8. The fraction of sp³-hybridized carbons (Fsp3) is 0.0909. The van der Waals surface area contributed by atoms with E-state index in [-0.39, 0.29) is 17.5 Å². The average molecular weight is 245 g/mol. The van der Waals surface area contributed by atoms with Crippen LogP contribution in [0.15, 0.2) is 35.7 Å². The summed E-state index contributed by atoms with van der Waals surface area (Å²) < 4.78 is 5.39. The van der Waals surface area contributed by atoms with E-state index in [0.717, 1.165) is 5.69 Å². The Morgan fingerprint density at radius 1 is 1.33 bits per heavy atom. The van der Waals surface area contributed by atoms with E-state index in [1.54, 1.807) is 12.3 Å². The van der Waals surface area contributed by atoms with Crippen molar-refractivity contribution in [2.24, 2.45) is 10.9 Å². The van der Waals surface area contributed by atoms with Crippen LogP contribution in [0, 0.1) is 6.92 Å². The first-order valence-corrected chi connectivity index (χ1v) is 5.10. The minimum Gasteiger partial charge on any atom is -0.423 e. The molecule has 0 spiro atoms. The summed E-state index contributed by atoms with van der Waals surface area (Å²) in [5, 5.41) is 11.4. The number of ether oxygens (including phenoxy) is 1. The van der Waals surface area contributed by atoms with Crippen LogP contribution in [0.1, 0.15) is 11.4 Å². The number of aromatic nitrogens is 3. The van der Waals surface area contributed by atoms with Crippen molar-refractivity contribution in [3.05, 3.63) is 42.0 Å². The minimum atomic E-state index is -0.107. The number of rotatable bonds is 3. The molecule has 3 N–H and O–H groups in total. The fourth-order valence-electron chi connectivity index (χ4n) is 1.20. The van der Waals surface area contributed by atoms with Gasteiger partial charge in [0.25, 0.3) is 0 Å². The molecule has 2 aromatic rings. The van der Waals surface area contributed by atoms with E-state index in [4.69, 9.17) is 15.7 Å². The Hall–Kier alpha value is -2.70. The van der Waals surface area contributed by atoms with Gasteiger partial charge in [-0.15, -0.1) is 0 Å². The van der Waals surface area contributed by atoms with E-state index in [0.29, 0.717) is 5.75 Å². The second-order valence-corrected chi connectivity index (χ2v) is 3.45. The van der Waals surface area contributed by atoms with Gasteiger partial charge >= 0.3 is 6.01 Å². The highest BCUT2D eigenvalue weighted by Crippen LogP contribution is 2.16. The van der Waals surface area contributed by atoms with Crippen molar-refractivity contribution >= 4 is 5.84 Å². The third-order valence-electron chi connectivity index (χ3n) is 2.10. The smallest absolute Gasteiger partial charge is 0.322 e. The van der Waals surface area contributed by atoms with Gasteiger partial charge in [0.1, 0.15) is 11.4 Å². The third-order valence-corrected chi connectivity index (χ3v) is 2.10. The number of nitrogens with two attached hydrogens (primary N) is 1. The summed E-state index contributed by atoms with van der Waals surface area (Å²) in [7, 11) is 0. The van der Waals surface area contributed by atoms with Crippen molar-refractivity contribution in [3.63, 3.8) is 0 Å². The zero-order valence-electron chi connectivity index (χ0n) is 9.61. The van der Waals surface area contributed by atoms with E-state index in [1.165, 1.54) is 12.3 Å². The minimum absolute atomic E-state index is 0.102. The van der Waals surface area contributed by atoms with Crippen LogP contribution >= 0.6 is 0 Å². The van der Waals surface area contributed by atoms with Crippen LogP contribution < -0.4 is 10.5 Å². The van der Waals surface area contributed by atoms with Crippen molar-refractivity contribution in [3.8, 4) is 11.8 Å². The molecule has 7 heteroatoms. The number of amidine groups is 1. The summed E-state index contributed by atoms with van der Waals surface area (Å²) >= 11 is 0. The van der Waals surface area contributed by atoms with Crippen LogP contribution in [0.25, 0.3) is 0 Å². The normalized spacial score (nSPS) is 11.3. The molecule has 0 aliphatic rings. The van der Waals surface area contributed by atoms with E-state index in [1.807, 2.05) is 13.0 Å². The number of pyridine rings is 1. The van der Waals surface area contributed by atoms with Crippen LogP contribution in [0.4, 0.5) is 0 Å². The summed E-state index contributed by atoms with van der Waals surface area (Å²) in [6.07, 6.45) is 3.02. The largest absolute Gasteiger partial charge is 0.423 e.